The van der Waals surface area contributed by atoms with Crippen LogP contribution in [0.15, 0.2) is 28.7 Å². The normalized spacial score (nSPS) is 18.9. The summed E-state index contributed by atoms with van der Waals surface area (Å²) in [5, 5.41) is 2.55. The maximum atomic E-state index is 11.8. The van der Waals surface area contributed by atoms with Gasteiger partial charge in [0.05, 0.1) is 0 Å². The zero-order chi connectivity index (χ0) is 12.4. The van der Waals surface area contributed by atoms with Gasteiger partial charge in [-0.3, -0.25) is 14.4 Å². The van der Waals surface area contributed by atoms with Gasteiger partial charge in [-0.05, 0) is 30.7 Å². The SMILES string of the molecule is O=C(C(=O)C1CCNC1=O)c1ccc(Br)cc1. The molecule has 0 saturated carbocycles. The number of carbonyl (C=O) groups excluding carboxylic acids is 3. The van der Waals surface area contributed by atoms with Crippen molar-refractivity contribution in [1.82, 2.24) is 5.32 Å². The zero-order valence-electron chi connectivity index (χ0n) is 8.90. The smallest absolute Gasteiger partial charge is 0.231 e. The molecule has 1 aromatic rings. The molecular weight excluding hydrogens is 286 g/mol. The Balaban J connectivity index is 2.17. The van der Waals surface area contributed by atoms with Crippen LogP contribution in [0, 0.1) is 5.92 Å². The molecule has 1 aromatic carbocycles. The highest BCUT2D eigenvalue weighted by Gasteiger charge is 2.35. The van der Waals surface area contributed by atoms with E-state index in [1.165, 1.54) is 0 Å². The Kier molecular flexibility index (Phi) is 3.38. The number of nitrogens with one attached hydrogen (secondary N) is 1. The van der Waals surface area contributed by atoms with E-state index in [0.717, 1.165) is 4.47 Å². The number of hydrogen-bond donors (Lipinski definition) is 1. The second kappa shape index (κ2) is 4.79. The number of amides is 1. The Hall–Kier alpha value is -1.49. The van der Waals surface area contributed by atoms with Gasteiger partial charge in [0.1, 0.15) is 5.92 Å². The Morgan fingerprint density at radius 3 is 2.41 bits per heavy atom. The molecule has 0 aliphatic carbocycles. The minimum Gasteiger partial charge on any atom is -0.355 e. The van der Waals surface area contributed by atoms with Gasteiger partial charge in [0, 0.05) is 16.6 Å². The first-order valence-corrected chi connectivity index (χ1v) is 6.00. The van der Waals surface area contributed by atoms with Crippen molar-refractivity contribution in [2.45, 2.75) is 6.42 Å². The highest BCUT2D eigenvalue weighted by Crippen LogP contribution is 2.16. The molecule has 1 heterocycles. The predicted octanol–water partition coefficient (Wildman–Crippen LogP) is 1.34. The molecule has 0 spiro atoms. The van der Waals surface area contributed by atoms with Gasteiger partial charge in [0.2, 0.25) is 17.5 Å². The van der Waals surface area contributed by atoms with Crippen molar-refractivity contribution in [3.05, 3.63) is 34.3 Å². The molecule has 88 valence electrons. The van der Waals surface area contributed by atoms with Crippen molar-refractivity contribution in [3.63, 3.8) is 0 Å². The summed E-state index contributed by atoms with van der Waals surface area (Å²) in [6.07, 6.45) is 0.403. The first kappa shape index (κ1) is 12.0. The van der Waals surface area contributed by atoms with Crippen LogP contribution < -0.4 is 5.32 Å². The Morgan fingerprint density at radius 2 is 1.88 bits per heavy atom. The van der Waals surface area contributed by atoms with Crippen molar-refractivity contribution in [2.24, 2.45) is 5.92 Å². The van der Waals surface area contributed by atoms with E-state index in [9.17, 15) is 14.4 Å². The van der Waals surface area contributed by atoms with E-state index in [1.807, 2.05) is 0 Å². The Bertz CT molecular complexity index is 481. The molecule has 0 aromatic heterocycles. The number of rotatable bonds is 3. The lowest BCUT2D eigenvalue weighted by atomic mass is 9.95. The average Bonchev–Trinajstić information content (AvgIpc) is 2.74. The first-order valence-electron chi connectivity index (χ1n) is 5.21. The summed E-state index contributed by atoms with van der Waals surface area (Å²) in [5.41, 5.74) is 0.318. The van der Waals surface area contributed by atoms with Crippen molar-refractivity contribution in [1.29, 1.82) is 0 Å². The molecule has 2 rings (SSSR count). The third kappa shape index (κ3) is 2.44. The van der Waals surface area contributed by atoms with Crippen molar-refractivity contribution in [3.8, 4) is 0 Å². The minimum absolute atomic E-state index is 0.318. The van der Waals surface area contributed by atoms with Gasteiger partial charge in [-0.15, -0.1) is 0 Å². The molecule has 4 nitrogen and oxygen atoms in total. The second-order valence-corrected chi connectivity index (χ2v) is 4.75. The van der Waals surface area contributed by atoms with Crippen LogP contribution in [0.25, 0.3) is 0 Å². The van der Waals surface area contributed by atoms with E-state index >= 15 is 0 Å². The third-order valence-electron chi connectivity index (χ3n) is 2.70. The number of ketones is 2. The summed E-state index contributed by atoms with van der Waals surface area (Å²) >= 11 is 3.25. The number of halogens is 1. The molecule has 1 fully saturated rings. The Labute approximate surface area is 107 Å². The second-order valence-electron chi connectivity index (χ2n) is 3.83. The monoisotopic (exact) mass is 295 g/mol. The van der Waals surface area contributed by atoms with Crippen LogP contribution in [0.3, 0.4) is 0 Å². The van der Waals surface area contributed by atoms with Gasteiger partial charge >= 0.3 is 0 Å². The lowest BCUT2D eigenvalue weighted by molar-refractivity contribution is -0.129. The van der Waals surface area contributed by atoms with Crippen LogP contribution in [0.4, 0.5) is 0 Å². The molecule has 0 bridgehead atoms. The van der Waals surface area contributed by atoms with E-state index in [0.29, 0.717) is 18.5 Å². The molecule has 1 saturated heterocycles. The summed E-state index contributed by atoms with van der Waals surface area (Å²) in [4.78, 5) is 35.0. The number of hydrogen-bond acceptors (Lipinski definition) is 3. The topological polar surface area (TPSA) is 63.2 Å². The molecule has 5 heteroatoms. The largest absolute Gasteiger partial charge is 0.355 e. The lowest BCUT2D eigenvalue weighted by Gasteiger charge is -2.04. The first-order chi connectivity index (χ1) is 8.09. The highest BCUT2D eigenvalue weighted by atomic mass is 79.9. The minimum atomic E-state index is -0.814. The molecular formula is C12H10BrNO3. The van der Waals surface area contributed by atoms with Crippen LogP contribution >= 0.6 is 15.9 Å². The van der Waals surface area contributed by atoms with Crippen LogP contribution in [-0.4, -0.2) is 24.0 Å². The van der Waals surface area contributed by atoms with E-state index in [2.05, 4.69) is 21.2 Å². The molecule has 1 atom stereocenters. The maximum absolute atomic E-state index is 11.8. The predicted molar refractivity (Wildman–Crippen MR) is 64.6 cm³/mol. The number of Topliss-reactive ketones (excluding diaryl/α,β-unsaturated/α-hetero) is 2. The van der Waals surface area contributed by atoms with Gasteiger partial charge in [0.25, 0.3) is 0 Å². The van der Waals surface area contributed by atoms with Crippen LogP contribution in [-0.2, 0) is 9.59 Å². The van der Waals surface area contributed by atoms with Gasteiger partial charge in [-0.25, -0.2) is 0 Å². The van der Waals surface area contributed by atoms with Gasteiger partial charge < -0.3 is 5.32 Å². The van der Waals surface area contributed by atoms with Crippen LogP contribution in [0.1, 0.15) is 16.8 Å². The highest BCUT2D eigenvalue weighted by molar-refractivity contribution is 9.10. The van der Waals surface area contributed by atoms with Crippen molar-refractivity contribution < 1.29 is 14.4 Å². The third-order valence-corrected chi connectivity index (χ3v) is 3.22. The summed E-state index contributed by atoms with van der Waals surface area (Å²) in [6, 6.07) is 6.51. The van der Waals surface area contributed by atoms with E-state index in [4.69, 9.17) is 0 Å². The molecule has 1 amide bonds. The lowest BCUT2D eigenvalue weighted by Crippen LogP contribution is -2.30. The standard InChI is InChI=1S/C12H10BrNO3/c13-8-3-1-7(2-4-8)10(15)11(16)9-5-6-14-12(9)17/h1-4,9H,5-6H2,(H,14,17). The molecule has 17 heavy (non-hydrogen) atoms. The zero-order valence-corrected chi connectivity index (χ0v) is 10.5. The fourth-order valence-electron chi connectivity index (χ4n) is 1.75. The van der Waals surface area contributed by atoms with Crippen LogP contribution in [0.2, 0.25) is 0 Å². The van der Waals surface area contributed by atoms with Gasteiger partial charge in [0.15, 0.2) is 0 Å². The summed E-state index contributed by atoms with van der Waals surface area (Å²) in [7, 11) is 0. The summed E-state index contributed by atoms with van der Waals surface area (Å²) < 4.78 is 0.833. The van der Waals surface area contributed by atoms with Crippen LogP contribution in [0.5, 0.6) is 0 Å². The number of benzene rings is 1. The summed E-state index contributed by atoms with van der Waals surface area (Å²) in [6.45, 7) is 0.461. The van der Waals surface area contributed by atoms with Gasteiger partial charge in [-0.2, -0.15) is 0 Å². The van der Waals surface area contributed by atoms with Crippen molar-refractivity contribution in [2.75, 3.05) is 6.54 Å². The van der Waals surface area contributed by atoms with E-state index in [-0.39, 0.29) is 5.91 Å². The number of carbonyl (C=O) groups is 3. The van der Waals surface area contributed by atoms with E-state index < -0.39 is 17.5 Å². The molecule has 0 radical (unpaired) electrons. The quantitative estimate of drug-likeness (QED) is 0.520. The molecule has 1 aliphatic heterocycles. The summed E-state index contributed by atoms with van der Waals surface area (Å²) in [5.74, 6) is -2.38. The van der Waals surface area contributed by atoms with E-state index in [1.54, 1.807) is 24.3 Å². The fraction of sp³-hybridized carbons (Fsp3) is 0.250. The molecule has 1 N–H and O–H groups in total. The maximum Gasteiger partial charge on any atom is 0.231 e. The molecule has 1 aliphatic rings. The van der Waals surface area contributed by atoms with Gasteiger partial charge in [-0.1, -0.05) is 15.9 Å². The van der Waals surface area contributed by atoms with Crippen molar-refractivity contribution >= 4 is 33.4 Å². The Morgan fingerprint density at radius 1 is 1.24 bits per heavy atom. The average molecular weight is 296 g/mol. The fourth-order valence-corrected chi connectivity index (χ4v) is 2.01. The molecule has 1 unspecified atom stereocenters.